The van der Waals surface area contributed by atoms with E-state index in [-0.39, 0.29) is 12.0 Å². The molecule has 1 aliphatic rings. The number of aryl methyl sites for hydroxylation is 1. The molecule has 0 saturated carbocycles. The molecule has 1 fully saturated rings. The fourth-order valence-electron chi connectivity index (χ4n) is 3.83. The molecule has 8 heteroatoms. The second-order valence-electron chi connectivity index (χ2n) is 7.75. The highest BCUT2D eigenvalue weighted by atomic mass is 32.1. The van der Waals surface area contributed by atoms with E-state index in [1.807, 2.05) is 49.1 Å². The second kappa shape index (κ2) is 8.56. The summed E-state index contributed by atoms with van der Waals surface area (Å²) in [4.78, 5) is 21.9. The summed E-state index contributed by atoms with van der Waals surface area (Å²) >= 11 is 1.64. The third-order valence-corrected chi connectivity index (χ3v) is 6.41. The Morgan fingerprint density at radius 1 is 1.29 bits per heavy atom. The lowest BCUT2D eigenvalue weighted by atomic mass is 10.1. The Bertz CT molecular complexity index is 1210. The van der Waals surface area contributed by atoms with E-state index in [9.17, 15) is 4.79 Å². The molecule has 0 unspecified atom stereocenters. The van der Waals surface area contributed by atoms with Gasteiger partial charge in [0.1, 0.15) is 11.4 Å². The summed E-state index contributed by atoms with van der Waals surface area (Å²) in [5, 5.41) is 9.38. The zero-order valence-corrected chi connectivity index (χ0v) is 18.1. The van der Waals surface area contributed by atoms with E-state index in [1.54, 1.807) is 16.0 Å². The van der Waals surface area contributed by atoms with Gasteiger partial charge in [-0.05, 0) is 53.6 Å². The van der Waals surface area contributed by atoms with Gasteiger partial charge in [-0.1, -0.05) is 6.07 Å². The van der Waals surface area contributed by atoms with Crippen LogP contribution in [0.25, 0.3) is 21.6 Å². The Balaban J connectivity index is 1.36. The van der Waals surface area contributed by atoms with Crippen molar-refractivity contribution < 1.29 is 9.53 Å². The Labute approximate surface area is 184 Å². The van der Waals surface area contributed by atoms with Crippen LogP contribution in [0.1, 0.15) is 34.5 Å². The van der Waals surface area contributed by atoms with Gasteiger partial charge in [0.2, 0.25) is 0 Å². The van der Waals surface area contributed by atoms with Crippen molar-refractivity contribution in [3.8, 4) is 11.4 Å². The molecule has 7 nitrogen and oxygen atoms in total. The van der Waals surface area contributed by atoms with E-state index in [1.165, 1.54) is 0 Å². The lowest BCUT2D eigenvalue weighted by molar-refractivity contribution is 0.0854. The van der Waals surface area contributed by atoms with Crippen molar-refractivity contribution in [1.29, 1.82) is 0 Å². The zero-order valence-electron chi connectivity index (χ0n) is 17.2. The minimum Gasteiger partial charge on any atom is -0.376 e. The van der Waals surface area contributed by atoms with E-state index < -0.39 is 0 Å². The molecule has 0 bridgehead atoms. The summed E-state index contributed by atoms with van der Waals surface area (Å²) in [5.41, 5.74) is 5.14. The third kappa shape index (κ3) is 4.35. The quantitative estimate of drug-likeness (QED) is 0.503. The fraction of sp³-hybridized carbons (Fsp3) is 0.304. The SMILES string of the molecule is Cn1ccc(-c2ccc(Cc3cc(C(=O)NC[C@H]4CCCO4)nc4ccsc34)cn2)n1. The Kier molecular flexibility index (Phi) is 5.48. The van der Waals surface area contributed by atoms with Gasteiger partial charge in [0.25, 0.3) is 5.91 Å². The highest BCUT2D eigenvalue weighted by Gasteiger charge is 2.18. The molecule has 4 aromatic heterocycles. The first-order valence-electron chi connectivity index (χ1n) is 10.4. The van der Waals surface area contributed by atoms with Gasteiger partial charge in [-0.3, -0.25) is 14.5 Å². The first kappa shape index (κ1) is 19.8. The number of hydrogen-bond donors (Lipinski definition) is 1. The molecule has 1 amide bonds. The Hall–Kier alpha value is -3.10. The topological polar surface area (TPSA) is 81.9 Å². The van der Waals surface area contributed by atoms with E-state index in [2.05, 4.69) is 26.4 Å². The lowest BCUT2D eigenvalue weighted by Crippen LogP contribution is -2.32. The number of rotatable bonds is 6. The molecule has 5 heterocycles. The number of carbonyl (C=O) groups is 1. The molecular weight excluding hydrogens is 410 g/mol. The van der Waals surface area contributed by atoms with E-state index >= 15 is 0 Å². The van der Waals surface area contributed by atoms with Crippen LogP contribution in [-0.2, 0) is 18.2 Å². The van der Waals surface area contributed by atoms with E-state index in [0.717, 1.165) is 52.2 Å². The maximum Gasteiger partial charge on any atom is 0.270 e. The van der Waals surface area contributed by atoms with E-state index in [0.29, 0.717) is 18.7 Å². The number of nitrogens with zero attached hydrogens (tertiary/aromatic N) is 4. The molecule has 4 aromatic rings. The van der Waals surface area contributed by atoms with Gasteiger partial charge in [0.15, 0.2) is 0 Å². The number of amides is 1. The summed E-state index contributed by atoms with van der Waals surface area (Å²) < 4.78 is 8.46. The molecule has 0 aromatic carbocycles. The molecule has 1 atom stereocenters. The maximum absolute atomic E-state index is 12.7. The van der Waals surface area contributed by atoms with Gasteiger partial charge in [-0.2, -0.15) is 5.10 Å². The number of carbonyl (C=O) groups excluding carboxylic acids is 1. The van der Waals surface area contributed by atoms with Crippen LogP contribution < -0.4 is 5.32 Å². The van der Waals surface area contributed by atoms with Crippen molar-refractivity contribution in [2.24, 2.45) is 7.05 Å². The lowest BCUT2D eigenvalue weighted by Gasteiger charge is -2.11. The predicted octanol–water partition coefficient (Wildman–Crippen LogP) is 3.59. The van der Waals surface area contributed by atoms with Gasteiger partial charge < -0.3 is 10.1 Å². The third-order valence-electron chi connectivity index (χ3n) is 5.43. The second-order valence-corrected chi connectivity index (χ2v) is 8.67. The molecule has 158 valence electrons. The van der Waals surface area contributed by atoms with Crippen molar-refractivity contribution in [1.82, 2.24) is 25.1 Å². The van der Waals surface area contributed by atoms with Crippen LogP contribution in [-0.4, -0.2) is 44.9 Å². The molecule has 0 aliphatic carbocycles. The molecule has 5 rings (SSSR count). The maximum atomic E-state index is 12.7. The molecule has 0 spiro atoms. The van der Waals surface area contributed by atoms with E-state index in [4.69, 9.17) is 4.74 Å². The normalized spacial score (nSPS) is 16.1. The summed E-state index contributed by atoms with van der Waals surface area (Å²) in [6.45, 7) is 1.30. The van der Waals surface area contributed by atoms with Crippen molar-refractivity contribution in [2.75, 3.05) is 13.2 Å². The molecule has 1 N–H and O–H groups in total. The first-order chi connectivity index (χ1) is 15.2. The summed E-state index contributed by atoms with van der Waals surface area (Å²) in [6, 6.07) is 9.86. The molecule has 1 saturated heterocycles. The number of aromatic nitrogens is 4. The van der Waals surface area contributed by atoms with Crippen molar-refractivity contribution in [3.05, 3.63) is 64.9 Å². The average Bonchev–Trinajstić information content (AvgIpc) is 3.54. The average molecular weight is 434 g/mol. The monoisotopic (exact) mass is 433 g/mol. The standard InChI is InChI=1S/C23H23N5O2S/c1-28-8-6-19(27-28)18-5-4-15(13-24-18)11-16-12-21(26-20-7-10-31-22(16)20)23(29)25-14-17-3-2-9-30-17/h4-8,10,12-13,17H,2-3,9,11,14H2,1H3,(H,25,29)/t17-/m1/s1. The van der Waals surface area contributed by atoms with Crippen LogP contribution in [0.4, 0.5) is 0 Å². The number of fused-ring (bicyclic) bond motifs is 1. The summed E-state index contributed by atoms with van der Waals surface area (Å²) in [6.07, 6.45) is 6.61. The summed E-state index contributed by atoms with van der Waals surface area (Å²) in [5.74, 6) is -0.159. The first-order valence-corrected chi connectivity index (χ1v) is 11.3. The molecule has 1 aliphatic heterocycles. The highest BCUT2D eigenvalue weighted by Crippen LogP contribution is 2.27. The van der Waals surface area contributed by atoms with Crippen LogP contribution in [0, 0.1) is 0 Å². The largest absolute Gasteiger partial charge is 0.376 e. The van der Waals surface area contributed by atoms with Gasteiger partial charge >= 0.3 is 0 Å². The van der Waals surface area contributed by atoms with Crippen molar-refractivity contribution in [3.63, 3.8) is 0 Å². The van der Waals surface area contributed by atoms with Crippen LogP contribution in [0.3, 0.4) is 0 Å². The van der Waals surface area contributed by atoms with Gasteiger partial charge in [0.05, 0.1) is 22.0 Å². The van der Waals surface area contributed by atoms with Crippen LogP contribution >= 0.6 is 11.3 Å². The minimum atomic E-state index is -0.159. The van der Waals surface area contributed by atoms with Crippen LogP contribution in [0.5, 0.6) is 0 Å². The molecular formula is C23H23N5O2S. The fourth-order valence-corrected chi connectivity index (χ4v) is 4.68. The highest BCUT2D eigenvalue weighted by molar-refractivity contribution is 7.17. The number of hydrogen-bond acceptors (Lipinski definition) is 6. The predicted molar refractivity (Wildman–Crippen MR) is 120 cm³/mol. The van der Waals surface area contributed by atoms with Gasteiger partial charge in [-0.25, -0.2) is 4.98 Å². The van der Waals surface area contributed by atoms with Crippen LogP contribution in [0.15, 0.2) is 48.1 Å². The Morgan fingerprint density at radius 2 is 2.23 bits per heavy atom. The minimum absolute atomic E-state index is 0.108. The molecule has 0 radical (unpaired) electrons. The van der Waals surface area contributed by atoms with Gasteiger partial charge in [0, 0.05) is 39.0 Å². The van der Waals surface area contributed by atoms with Crippen LogP contribution in [0.2, 0.25) is 0 Å². The Morgan fingerprint density at radius 3 is 2.97 bits per heavy atom. The smallest absolute Gasteiger partial charge is 0.270 e. The summed E-state index contributed by atoms with van der Waals surface area (Å²) in [7, 11) is 1.89. The van der Waals surface area contributed by atoms with Crippen molar-refractivity contribution >= 4 is 27.5 Å². The zero-order chi connectivity index (χ0) is 21.2. The van der Waals surface area contributed by atoms with Gasteiger partial charge in [-0.15, -0.1) is 11.3 Å². The number of nitrogens with one attached hydrogen (secondary N) is 1. The van der Waals surface area contributed by atoms with Crippen molar-refractivity contribution in [2.45, 2.75) is 25.4 Å². The molecule has 31 heavy (non-hydrogen) atoms. The number of pyridine rings is 2. The number of ether oxygens (including phenoxy) is 1. The number of thiophene rings is 1.